The van der Waals surface area contributed by atoms with Crippen LogP contribution in [0.25, 0.3) is 0 Å². The van der Waals surface area contributed by atoms with Crippen LogP contribution in [0.15, 0.2) is 48.5 Å². The van der Waals surface area contributed by atoms with Gasteiger partial charge in [-0.05, 0) is 48.4 Å². The summed E-state index contributed by atoms with van der Waals surface area (Å²) in [5.41, 5.74) is -0.213. The molecule has 29 heavy (non-hydrogen) atoms. The summed E-state index contributed by atoms with van der Waals surface area (Å²) in [4.78, 5) is 12.3. The molecular formula is C22H25F3O4. The molecule has 0 aromatic heterocycles. The van der Waals surface area contributed by atoms with Crippen LogP contribution in [-0.2, 0) is 4.79 Å². The molecule has 0 amide bonds. The zero-order chi connectivity index (χ0) is 21.3. The summed E-state index contributed by atoms with van der Waals surface area (Å²) in [6.45, 7) is 2.69. The summed E-state index contributed by atoms with van der Waals surface area (Å²) in [5.74, 6) is -2.79. The van der Waals surface area contributed by atoms with E-state index in [9.17, 15) is 18.0 Å². The van der Waals surface area contributed by atoms with E-state index in [0.29, 0.717) is 18.1 Å². The lowest BCUT2D eigenvalue weighted by atomic mass is 9.98. The number of rotatable bonds is 10. The molecule has 0 saturated heterocycles. The Bertz CT molecular complexity index is 755. The van der Waals surface area contributed by atoms with Gasteiger partial charge in [0.2, 0.25) is 0 Å². The Balaban J connectivity index is 2.01. The van der Waals surface area contributed by atoms with Gasteiger partial charge in [0.05, 0.1) is 13.7 Å². The number of alkyl halides is 3. The minimum absolute atomic E-state index is 0.0242. The van der Waals surface area contributed by atoms with Crippen molar-refractivity contribution in [3.05, 3.63) is 54.1 Å². The van der Waals surface area contributed by atoms with Crippen LogP contribution in [0.1, 0.15) is 44.1 Å². The topological polar surface area (TPSA) is 44.8 Å². The Morgan fingerprint density at radius 3 is 2.03 bits per heavy atom. The first-order valence-electron chi connectivity index (χ1n) is 9.50. The second-order valence-electron chi connectivity index (χ2n) is 6.55. The largest absolute Gasteiger partial charge is 0.497 e. The Hall–Kier alpha value is -2.70. The number of unbranched alkanes of at least 4 members (excludes halogenated alkanes) is 3. The van der Waals surface area contributed by atoms with Crippen molar-refractivity contribution in [3.8, 4) is 17.2 Å². The normalized spacial score (nSPS) is 12.3. The molecule has 0 aliphatic rings. The van der Waals surface area contributed by atoms with Gasteiger partial charge in [-0.1, -0.05) is 38.3 Å². The fourth-order valence-corrected chi connectivity index (χ4v) is 2.75. The van der Waals surface area contributed by atoms with Gasteiger partial charge in [0, 0.05) is 0 Å². The van der Waals surface area contributed by atoms with Gasteiger partial charge in [0.1, 0.15) is 17.2 Å². The quantitative estimate of drug-likeness (QED) is 0.278. The van der Waals surface area contributed by atoms with E-state index in [1.54, 1.807) is 12.1 Å². The summed E-state index contributed by atoms with van der Waals surface area (Å²) in [7, 11) is 1.41. The zero-order valence-electron chi connectivity index (χ0n) is 16.5. The molecule has 0 saturated carbocycles. The van der Waals surface area contributed by atoms with Gasteiger partial charge in [0.15, 0.2) is 5.92 Å². The fraction of sp³-hybridized carbons (Fsp3) is 0.409. The third kappa shape index (κ3) is 7.00. The third-order valence-corrected chi connectivity index (χ3v) is 4.32. The van der Waals surface area contributed by atoms with Crippen LogP contribution >= 0.6 is 0 Å². The molecule has 0 aliphatic carbocycles. The van der Waals surface area contributed by atoms with Crippen LogP contribution in [0, 0.1) is 0 Å². The average Bonchev–Trinajstić information content (AvgIpc) is 2.68. The smallest absolute Gasteiger partial charge is 0.406 e. The van der Waals surface area contributed by atoms with E-state index in [0.717, 1.165) is 25.7 Å². The van der Waals surface area contributed by atoms with E-state index in [-0.39, 0.29) is 11.3 Å². The van der Waals surface area contributed by atoms with Gasteiger partial charge < -0.3 is 14.2 Å². The number of carbonyl (C=O) groups is 1. The predicted octanol–water partition coefficient (Wildman–Crippen LogP) is 5.91. The van der Waals surface area contributed by atoms with Crippen LogP contribution in [0.5, 0.6) is 17.2 Å². The number of benzene rings is 2. The zero-order valence-corrected chi connectivity index (χ0v) is 16.5. The van der Waals surface area contributed by atoms with Crippen LogP contribution < -0.4 is 14.2 Å². The summed E-state index contributed by atoms with van der Waals surface area (Å²) < 4.78 is 55.9. The molecule has 158 valence electrons. The van der Waals surface area contributed by atoms with Crippen LogP contribution in [0.2, 0.25) is 0 Å². The molecule has 0 fully saturated rings. The van der Waals surface area contributed by atoms with Gasteiger partial charge in [-0.3, -0.25) is 4.79 Å². The lowest BCUT2D eigenvalue weighted by Crippen LogP contribution is -2.31. The van der Waals surface area contributed by atoms with Gasteiger partial charge in [-0.15, -0.1) is 0 Å². The Labute approximate surface area is 168 Å². The number of hydrogen-bond donors (Lipinski definition) is 0. The van der Waals surface area contributed by atoms with Crippen molar-refractivity contribution >= 4 is 5.97 Å². The van der Waals surface area contributed by atoms with Gasteiger partial charge in [-0.2, -0.15) is 13.2 Å². The number of ether oxygens (including phenoxy) is 3. The lowest BCUT2D eigenvalue weighted by molar-refractivity contribution is -0.174. The summed E-state index contributed by atoms with van der Waals surface area (Å²) in [5, 5.41) is 0. The first-order chi connectivity index (χ1) is 13.8. The second kappa shape index (κ2) is 10.7. The maximum absolute atomic E-state index is 13.5. The van der Waals surface area contributed by atoms with E-state index >= 15 is 0 Å². The molecular weight excluding hydrogens is 385 g/mol. The van der Waals surface area contributed by atoms with Gasteiger partial charge >= 0.3 is 12.1 Å². The lowest BCUT2D eigenvalue weighted by Gasteiger charge is -2.19. The number of methoxy groups -OCH3 is 1. The van der Waals surface area contributed by atoms with Crippen molar-refractivity contribution in [2.75, 3.05) is 13.7 Å². The first-order valence-corrected chi connectivity index (χ1v) is 9.50. The molecule has 0 unspecified atom stereocenters. The third-order valence-electron chi connectivity index (χ3n) is 4.32. The van der Waals surface area contributed by atoms with E-state index in [1.807, 2.05) is 0 Å². The Kier molecular flexibility index (Phi) is 8.36. The molecule has 0 heterocycles. The van der Waals surface area contributed by atoms with Crippen molar-refractivity contribution in [1.82, 2.24) is 0 Å². The van der Waals surface area contributed by atoms with Crippen molar-refractivity contribution < 1.29 is 32.2 Å². The molecule has 2 aromatic carbocycles. The van der Waals surface area contributed by atoms with Crippen LogP contribution in [0.4, 0.5) is 13.2 Å². The molecule has 0 spiro atoms. The van der Waals surface area contributed by atoms with E-state index < -0.39 is 18.1 Å². The van der Waals surface area contributed by atoms with Gasteiger partial charge in [0.25, 0.3) is 0 Å². The maximum atomic E-state index is 13.5. The highest BCUT2D eigenvalue weighted by atomic mass is 19.4. The Morgan fingerprint density at radius 1 is 0.897 bits per heavy atom. The molecule has 4 nitrogen and oxygen atoms in total. The molecule has 0 bridgehead atoms. The molecule has 2 aromatic rings. The second-order valence-corrected chi connectivity index (χ2v) is 6.55. The highest BCUT2D eigenvalue weighted by Crippen LogP contribution is 2.37. The minimum Gasteiger partial charge on any atom is -0.497 e. The van der Waals surface area contributed by atoms with Crippen molar-refractivity contribution in [1.29, 1.82) is 0 Å². The van der Waals surface area contributed by atoms with Crippen molar-refractivity contribution in [2.24, 2.45) is 0 Å². The van der Waals surface area contributed by atoms with Crippen molar-refractivity contribution in [2.45, 2.75) is 44.7 Å². The first kappa shape index (κ1) is 22.6. The molecule has 0 radical (unpaired) electrons. The highest BCUT2D eigenvalue weighted by Gasteiger charge is 2.47. The van der Waals surface area contributed by atoms with E-state index in [2.05, 4.69) is 6.92 Å². The fourth-order valence-electron chi connectivity index (χ4n) is 2.75. The Morgan fingerprint density at radius 2 is 1.48 bits per heavy atom. The molecule has 1 atom stereocenters. The molecule has 2 rings (SSSR count). The summed E-state index contributed by atoms with van der Waals surface area (Å²) in [6, 6.07) is 11.1. The van der Waals surface area contributed by atoms with Crippen LogP contribution in [0.3, 0.4) is 0 Å². The maximum Gasteiger partial charge on any atom is 0.406 e. The highest BCUT2D eigenvalue weighted by molar-refractivity contribution is 5.81. The monoisotopic (exact) mass is 410 g/mol. The molecule has 0 aliphatic heterocycles. The number of esters is 1. The van der Waals surface area contributed by atoms with Gasteiger partial charge in [-0.25, -0.2) is 0 Å². The standard InChI is InChI=1S/C22H25F3O4/c1-3-4-5-6-15-28-18-11-13-19(14-12-18)29-21(26)20(22(23,24)25)16-7-9-17(27-2)10-8-16/h7-14,20H,3-6,15H2,1-2H3/t20-/m0/s1. The number of halogens is 3. The summed E-state index contributed by atoms with van der Waals surface area (Å²) >= 11 is 0. The SMILES string of the molecule is CCCCCCOc1ccc(OC(=O)[C@H](c2ccc(OC)cc2)C(F)(F)F)cc1. The molecule has 0 N–H and O–H groups in total. The van der Waals surface area contributed by atoms with Crippen LogP contribution in [-0.4, -0.2) is 25.9 Å². The van der Waals surface area contributed by atoms with E-state index in [1.165, 1.54) is 43.5 Å². The van der Waals surface area contributed by atoms with E-state index in [4.69, 9.17) is 14.2 Å². The predicted molar refractivity (Wildman–Crippen MR) is 104 cm³/mol. The average molecular weight is 410 g/mol. The number of hydrogen-bond acceptors (Lipinski definition) is 4. The summed E-state index contributed by atoms with van der Waals surface area (Å²) in [6.07, 6.45) is -0.494. The number of carbonyl (C=O) groups excluding carboxylic acids is 1. The molecule has 7 heteroatoms. The van der Waals surface area contributed by atoms with Crippen molar-refractivity contribution in [3.63, 3.8) is 0 Å². The minimum atomic E-state index is -4.78.